The number of carbonyl (C=O) groups excluding carboxylic acids is 1. The summed E-state index contributed by atoms with van der Waals surface area (Å²) in [5, 5.41) is 2.92. The van der Waals surface area contributed by atoms with E-state index < -0.39 is 6.04 Å². The van der Waals surface area contributed by atoms with Gasteiger partial charge in [-0.1, -0.05) is 41.4 Å². The third kappa shape index (κ3) is 4.48. The molecule has 0 aromatic heterocycles. The first-order valence-electron chi connectivity index (χ1n) is 5.86. The molecular formula is C13H19BrN2O. The maximum atomic E-state index is 11.7. The number of nitrogens with two attached hydrogens (primary N) is 1. The van der Waals surface area contributed by atoms with Gasteiger partial charge in [0.15, 0.2) is 0 Å². The van der Waals surface area contributed by atoms with Crippen LogP contribution in [0.1, 0.15) is 38.3 Å². The maximum absolute atomic E-state index is 11.7. The Labute approximate surface area is 111 Å². The summed E-state index contributed by atoms with van der Waals surface area (Å²) in [6.45, 7) is 3.98. The molecule has 1 amide bonds. The molecule has 0 saturated heterocycles. The van der Waals surface area contributed by atoms with Gasteiger partial charge in [-0.05, 0) is 31.0 Å². The van der Waals surface area contributed by atoms with Crippen molar-refractivity contribution in [2.24, 2.45) is 5.73 Å². The van der Waals surface area contributed by atoms with Crippen molar-refractivity contribution in [1.29, 1.82) is 0 Å². The third-order valence-electron chi connectivity index (χ3n) is 2.67. The lowest BCUT2D eigenvalue weighted by Crippen LogP contribution is -2.41. The zero-order chi connectivity index (χ0) is 12.8. The first-order valence-corrected chi connectivity index (χ1v) is 6.65. The first kappa shape index (κ1) is 14.2. The van der Waals surface area contributed by atoms with E-state index in [9.17, 15) is 4.79 Å². The van der Waals surface area contributed by atoms with E-state index in [2.05, 4.69) is 21.2 Å². The molecule has 0 saturated carbocycles. The predicted molar refractivity (Wildman–Crippen MR) is 73.6 cm³/mol. The van der Waals surface area contributed by atoms with Gasteiger partial charge in [0, 0.05) is 4.47 Å². The monoisotopic (exact) mass is 298 g/mol. The largest absolute Gasteiger partial charge is 0.348 e. The molecule has 17 heavy (non-hydrogen) atoms. The average Bonchev–Trinajstić information content (AvgIpc) is 2.30. The number of benzene rings is 1. The van der Waals surface area contributed by atoms with E-state index >= 15 is 0 Å². The van der Waals surface area contributed by atoms with E-state index in [4.69, 9.17) is 5.73 Å². The van der Waals surface area contributed by atoms with Gasteiger partial charge in [0.25, 0.3) is 0 Å². The summed E-state index contributed by atoms with van der Waals surface area (Å²) >= 11 is 3.38. The fourth-order valence-electron chi connectivity index (χ4n) is 1.60. The van der Waals surface area contributed by atoms with E-state index in [1.165, 1.54) is 0 Å². The Balaban J connectivity index is 2.57. The van der Waals surface area contributed by atoms with Crippen LogP contribution < -0.4 is 11.1 Å². The second-order valence-corrected chi connectivity index (χ2v) is 5.09. The Morgan fingerprint density at radius 1 is 1.41 bits per heavy atom. The summed E-state index contributed by atoms with van der Waals surface area (Å²) in [4.78, 5) is 11.7. The quantitative estimate of drug-likeness (QED) is 0.878. The number of rotatable bonds is 5. The Bertz CT molecular complexity index is 364. The molecule has 0 unspecified atom stereocenters. The van der Waals surface area contributed by atoms with Crippen molar-refractivity contribution in [2.75, 3.05) is 0 Å². The maximum Gasteiger partial charge on any atom is 0.237 e. The zero-order valence-electron chi connectivity index (χ0n) is 10.2. The van der Waals surface area contributed by atoms with Crippen molar-refractivity contribution in [3.63, 3.8) is 0 Å². The Morgan fingerprint density at radius 2 is 2.00 bits per heavy atom. The molecule has 1 aromatic carbocycles. The van der Waals surface area contributed by atoms with Gasteiger partial charge in [-0.25, -0.2) is 0 Å². The predicted octanol–water partition coefficient (Wildman–Crippen LogP) is 2.75. The van der Waals surface area contributed by atoms with E-state index in [1.54, 1.807) is 0 Å². The normalized spacial score (nSPS) is 14.1. The molecule has 1 aromatic rings. The van der Waals surface area contributed by atoms with E-state index in [1.807, 2.05) is 38.1 Å². The standard InChI is InChI=1S/C13H19BrN2O/c1-3-4-12(15)13(17)16-9(2)10-5-7-11(14)8-6-10/h5-9,12H,3-4,15H2,1-2H3,(H,16,17)/t9-,12-/m0/s1. The van der Waals surface area contributed by atoms with Crippen molar-refractivity contribution < 1.29 is 4.79 Å². The topological polar surface area (TPSA) is 55.1 Å². The molecular weight excluding hydrogens is 280 g/mol. The van der Waals surface area contributed by atoms with Crippen LogP contribution >= 0.6 is 15.9 Å². The lowest BCUT2D eigenvalue weighted by molar-refractivity contribution is -0.123. The van der Waals surface area contributed by atoms with Crippen LogP contribution in [0.4, 0.5) is 0 Å². The minimum Gasteiger partial charge on any atom is -0.348 e. The third-order valence-corrected chi connectivity index (χ3v) is 3.19. The summed E-state index contributed by atoms with van der Waals surface area (Å²) in [7, 11) is 0. The van der Waals surface area contributed by atoms with E-state index in [0.29, 0.717) is 0 Å². The molecule has 0 spiro atoms. The number of halogens is 1. The molecule has 0 heterocycles. The lowest BCUT2D eigenvalue weighted by atomic mass is 10.1. The Kier molecular flexibility index (Phi) is 5.65. The molecule has 0 aliphatic heterocycles. The second kappa shape index (κ2) is 6.77. The molecule has 0 fully saturated rings. The number of hydrogen-bond acceptors (Lipinski definition) is 2. The lowest BCUT2D eigenvalue weighted by Gasteiger charge is -2.17. The molecule has 1 rings (SSSR count). The fourth-order valence-corrected chi connectivity index (χ4v) is 1.86. The zero-order valence-corrected chi connectivity index (χ0v) is 11.8. The van der Waals surface area contributed by atoms with Crippen LogP contribution in [0.15, 0.2) is 28.7 Å². The Hall–Kier alpha value is -0.870. The van der Waals surface area contributed by atoms with Crippen molar-refractivity contribution >= 4 is 21.8 Å². The van der Waals surface area contributed by atoms with E-state index in [-0.39, 0.29) is 11.9 Å². The number of nitrogens with one attached hydrogen (secondary N) is 1. The molecule has 0 radical (unpaired) electrons. The van der Waals surface area contributed by atoms with Crippen LogP contribution in [0.3, 0.4) is 0 Å². The van der Waals surface area contributed by atoms with Gasteiger partial charge in [0.1, 0.15) is 0 Å². The molecule has 0 aliphatic carbocycles. The van der Waals surface area contributed by atoms with Gasteiger partial charge in [0.05, 0.1) is 12.1 Å². The summed E-state index contributed by atoms with van der Waals surface area (Å²) in [5.74, 6) is -0.0812. The van der Waals surface area contributed by atoms with Crippen LogP contribution in [0.2, 0.25) is 0 Å². The molecule has 4 heteroatoms. The SMILES string of the molecule is CCC[C@H](N)C(=O)N[C@@H](C)c1ccc(Br)cc1. The highest BCUT2D eigenvalue weighted by atomic mass is 79.9. The van der Waals surface area contributed by atoms with Crippen LogP contribution in [0.5, 0.6) is 0 Å². The Morgan fingerprint density at radius 3 is 2.53 bits per heavy atom. The van der Waals surface area contributed by atoms with Crippen LogP contribution in [-0.2, 0) is 4.79 Å². The number of hydrogen-bond donors (Lipinski definition) is 2. The second-order valence-electron chi connectivity index (χ2n) is 4.18. The van der Waals surface area contributed by atoms with Crippen LogP contribution in [-0.4, -0.2) is 11.9 Å². The summed E-state index contributed by atoms with van der Waals surface area (Å²) in [6.07, 6.45) is 1.64. The minimum atomic E-state index is -0.405. The molecule has 0 bridgehead atoms. The van der Waals surface area contributed by atoms with Gasteiger partial charge in [-0.3, -0.25) is 4.79 Å². The molecule has 3 N–H and O–H groups in total. The highest BCUT2D eigenvalue weighted by Crippen LogP contribution is 2.16. The van der Waals surface area contributed by atoms with Gasteiger partial charge in [-0.15, -0.1) is 0 Å². The molecule has 2 atom stereocenters. The molecule has 3 nitrogen and oxygen atoms in total. The van der Waals surface area contributed by atoms with Crippen LogP contribution in [0.25, 0.3) is 0 Å². The minimum absolute atomic E-state index is 0.0153. The van der Waals surface area contributed by atoms with Gasteiger partial charge >= 0.3 is 0 Å². The number of amides is 1. The van der Waals surface area contributed by atoms with Crippen LogP contribution in [0, 0.1) is 0 Å². The van der Waals surface area contributed by atoms with Crippen molar-refractivity contribution in [3.05, 3.63) is 34.3 Å². The fraction of sp³-hybridized carbons (Fsp3) is 0.462. The number of carbonyl (C=O) groups is 1. The summed E-state index contributed by atoms with van der Waals surface area (Å²) < 4.78 is 1.03. The van der Waals surface area contributed by atoms with Gasteiger partial charge in [-0.2, -0.15) is 0 Å². The van der Waals surface area contributed by atoms with Crippen molar-refractivity contribution in [1.82, 2.24) is 5.32 Å². The molecule has 94 valence electrons. The summed E-state index contributed by atoms with van der Waals surface area (Å²) in [5.41, 5.74) is 6.83. The first-order chi connectivity index (χ1) is 8.04. The van der Waals surface area contributed by atoms with Crippen molar-refractivity contribution in [2.45, 2.75) is 38.8 Å². The van der Waals surface area contributed by atoms with Crippen molar-refractivity contribution in [3.8, 4) is 0 Å². The smallest absolute Gasteiger partial charge is 0.237 e. The van der Waals surface area contributed by atoms with E-state index in [0.717, 1.165) is 22.9 Å². The molecule has 0 aliphatic rings. The highest BCUT2D eigenvalue weighted by molar-refractivity contribution is 9.10. The average molecular weight is 299 g/mol. The highest BCUT2D eigenvalue weighted by Gasteiger charge is 2.15. The van der Waals surface area contributed by atoms with Gasteiger partial charge in [0.2, 0.25) is 5.91 Å². The summed E-state index contributed by atoms with van der Waals surface area (Å²) in [6, 6.07) is 7.48. The van der Waals surface area contributed by atoms with Gasteiger partial charge < -0.3 is 11.1 Å².